The van der Waals surface area contributed by atoms with Crippen molar-refractivity contribution < 1.29 is 41.1 Å². The van der Waals surface area contributed by atoms with Crippen molar-refractivity contribution >= 4 is 46.9 Å². The Bertz CT molecular complexity index is 5610. The van der Waals surface area contributed by atoms with Crippen LogP contribution in [0.15, 0.2) is 214 Å². The van der Waals surface area contributed by atoms with Crippen LogP contribution in [0.1, 0.15) is 121 Å². The van der Waals surface area contributed by atoms with Crippen LogP contribution in [0.25, 0.3) is 34.2 Å². The van der Waals surface area contributed by atoms with E-state index in [2.05, 4.69) is 87.6 Å². The smallest absolute Gasteiger partial charge is 0.265 e. The van der Waals surface area contributed by atoms with Crippen LogP contribution in [0.3, 0.4) is 0 Å². The zero-order valence-corrected chi connectivity index (χ0v) is 65.3. The van der Waals surface area contributed by atoms with E-state index >= 15 is 0 Å². The maximum absolute atomic E-state index is 14.7. The summed E-state index contributed by atoms with van der Waals surface area (Å²) in [5.41, 5.74) is 6.24. The number of nitrogens with zero attached hydrogens (tertiary/aromatic N) is 18. The van der Waals surface area contributed by atoms with Crippen LogP contribution < -0.4 is 21.3 Å². The molecule has 0 radical (unpaired) electrons. The maximum Gasteiger partial charge on any atom is 0.265 e. The molecular formula is C88H85F5N22O4. The largest absolute Gasteiger partial charge is 0.365 e. The average molecular weight is 1610 g/mol. The second kappa shape index (κ2) is 34.1. The summed E-state index contributed by atoms with van der Waals surface area (Å²) in [6, 6.07) is 39.9. The molecule has 31 heteroatoms. The molecule has 4 aliphatic heterocycles. The van der Waals surface area contributed by atoms with E-state index in [0.29, 0.717) is 77.2 Å². The van der Waals surface area contributed by atoms with Crippen molar-refractivity contribution in [1.29, 1.82) is 0 Å². The van der Waals surface area contributed by atoms with E-state index in [1.165, 1.54) is 58.4 Å². The number of rotatable bonds is 17. The number of carbonyl (C=O) groups excluding carboxylic acids is 4. The topological polar surface area (TPSA) is 294 Å². The number of benzene rings is 4. The van der Waals surface area contributed by atoms with Gasteiger partial charge in [0, 0.05) is 105 Å². The summed E-state index contributed by atoms with van der Waals surface area (Å²) in [6.45, 7) is 8.64. The summed E-state index contributed by atoms with van der Waals surface area (Å²) in [6.07, 6.45) is 24.0. The number of anilines is 4. The number of carbonyl (C=O) groups is 4. The van der Waals surface area contributed by atoms with Crippen LogP contribution in [0, 0.1) is 61.9 Å². The van der Waals surface area contributed by atoms with Gasteiger partial charge in [0.2, 0.25) is 0 Å². The molecule has 4 saturated carbocycles. The van der Waals surface area contributed by atoms with E-state index in [4.69, 9.17) is 0 Å². The number of amides is 4. The Labute approximate surface area is 682 Å². The standard InChI is InChI=1S/C23H20F3N5O.C23H22FN5O.C21H21FN6O.C21H22N6O/c24-16-4-1-3-15(20(16)22-27-7-2-8-28-22)23(32)31-12-13-9-17(18(31)10-13)30-19-6-5-14(11-29-19)21(25)26;1-14-6-7-20(27-12-14)28-18-10-15-11-19(18)29(13-15)23(30)16-4-2-5-17(24)21(16)22-25-8-3-9-26-22;1-13-8-16(22)20(23-11-13)26-17-9-14-10-19(17)27(12-14)21(29)15-4-2-3-5-18(15)28-24-6-7-25-28;1-14-6-7-20(22-12-14)25-17-10-15-11-19(17)26(13-15)21(28)16-4-2-3-5-18(16)27-23-8-9-24-27/h1-8,11,13,17-18,21H,9-10,12H2,(H,29,30);2-9,12,15,18-19H,10-11,13H2,1H3,(H,27,28);2-8,11,14,17,19H,9-10,12H2,1H3,(H,23,26);2-9,12,15,17,19H,10-11,13H2,1H3,(H,22,25). The van der Waals surface area contributed by atoms with Gasteiger partial charge in [-0.1, -0.05) is 48.5 Å². The summed E-state index contributed by atoms with van der Waals surface area (Å²) in [4.78, 5) is 98.0. The predicted molar refractivity (Wildman–Crippen MR) is 433 cm³/mol. The normalized spacial score (nSPS) is 22.5. The number of alkyl halides is 2. The summed E-state index contributed by atoms with van der Waals surface area (Å²) in [7, 11) is 0. The molecule has 4 amide bonds. The third kappa shape index (κ3) is 16.6. The zero-order valence-electron chi connectivity index (χ0n) is 65.3. The molecule has 119 heavy (non-hydrogen) atoms. The van der Waals surface area contributed by atoms with E-state index in [1.54, 1.807) is 84.7 Å². The molecule has 4 saturated heterocycles. The highest BCUT2D eigenvalue weighted by molar-refractivity contribution is 6.02. The van der Waals surface area contributed by atoms with E-state index in [9.17, 15) is 41.1 Å². The van der Waals surface area contributed by atoms with Crippen LogP contribution in [-0.4, -0.2) is 188 Å². The van der Waals surface area contributed by atoms with Gasteiger partial charge in [-0.25, -0.2) is 61.8 Å². The van der Waals surface area contributed by atoms with Crippen molar-refractivity contribution in [2.45, 2.75) is 127 Å². The fourth-order valence-corrected chi connectivity index (χ4v) is 18.4. The van der Waals surface area contributed by atoms with Crippen LogP contribution in [0.4, 0.5) is 45.2 Å². The van der Waals surface area contributed by atoms with Crippen LogP contribution in [-0.2, 0) is 0 Å². The number of halogens is 5. The highest BCUT2D eigenvalue weighted by Gasteiger charge is 2.52. The zero-order chi connectivity index (χ0) is 82.0. The van der Waals surface area contributed by atoms with Crippen molar-refractivity contribution in [2.75, 3.05) is 47.4 Å². The molecule has 606 valence electrons. The highest BCUT2D eigenvalue weighted by atomic mass is 19.3. The molecule has 12 unspecified atom stereocenters. The third-order valence-electron chi connectivity index (χ3n) is 23.7. The molecule has 0 spiro atoms. The lowest BCUT2D eigenvalue weighted by Crippen LogP contribution is -2.48. The lowest BCUT2D eigenvalue weighted by atomic mass is 10.0. The molecule has 8 aromatic heterocycles. The summed E-state index contributed by atoms with van der Waals surface area (Å²) >= 11 is 0. The van der Waals surface area contributed by atoms with Gasteiger partial charge in [-0.05, 0) is 203 Å². The van der Waals surface area contributed by atoms with Gasteiger partial charge in [-0.2, -0.15) is 30.0 Å². The summed E-state index contributed by atoms with van der Waals surface area (Å²) < 4.78 is 69.2. The molecule has 4 aromatic carbocycles. The minimum Gasteiger partial charge on any atom is -0.365 e. The van der Waals surface area contributed by atoms with Gasteiger partial charge in [-0.3, -0.25) is 19.2 Å². The molecule has 26 nitrogen and oxygen atoms in total. The van der Waals surface area contributed by atoms with E-state index in [0.717, 1.165) is 92.4 Å². The van der Waals surface area contributed by atoms with Gasteiger partial charge in [0.1, 0.15) is 29.1 Å². The van der Waals surface area contributed by atoms with Gasteiger partial charge >= 0.3 is 0 Å². The Morgan fingerprint density at radius 1 is 0.353 bits per heavy atom. The number of piperidine rings is 4. The first-order valence-electron chi connectivity index (χ1n) is 39.9. The number of aryl methyl sites for hydroxylation is 3. The predicted octanol–water partition coefficient (Wildman–Crippen LogP) is 13.5. The van der Waals surface area contributed by atoms with Crippen LogP contribution >= 0.6 is 0 Å². The molecule has 12 aromatic rings. The molecule has 20 rings (SSSR count). The number of pyridine rings is 4. The molecule has 12 heterocycles. The van der Waals surface area contributed by atoms with Gasteiger partial charge < -0.3 is 40.9 Å². The highest BCUT2D eigenvalue weighted by Crippen LogP contribution is 2.45. The minimum absolute atomic E-state index is 0.00800. The van der Waals surface area contributed by atoms with Gasteiger partial charge in [0.15, 0.2) is 23.3 Å². The maximum atomic E-state index is 14.7. The monoisotopic (exact) mass is 1610 g/mol. The first kappa shape index (κ1) is 78.2. The van der Waals surface area contributed by atoms with Crippen LogP contribution in [0.5, 0.6) is 0 Å². The number of likely N-dealkylation sites (tertiary alicyclic amines) is 4. The van der Waals surface area contributed by atoms with Gasteiger partial charge in [0.05, 0.1) is 93.7 Å². The molecule has 8 bridgehead atoms. The van der Waals surface area contributed by atoms with Crippen molar-refractivity contribution in [2.24, 2.45) is 23.7 Å². The second-order valence-electron chi connectivity index (χ2n) is 31.7. The summed E-state index contributed by atoms with van der Waals surface area (Å²) in [5, 5.41) is 30.3. The number of nitrogens with one attached hydrogen (secondary N) is 4. The molecule has 4 aliphatic carbocycles. The van der Waals surface area contributed by atoms with E-state index < -0.39 is 18.1 Å². The van der Waals surface area contributed by atoms with Gasteiger partial charge in [-0.15, -0.1) is 0 Å². The number of hydrogen-bond acceptors (Lipinski definition) is 20. The molecule has 4 N–H and O–H groups in total. The van der Waals surface area contributed by atoms with Crippen LogP contribution in [0.2, 0.25) is 0 Å². The molecule has 12 atom stereocenters. The number of fused-ring (bicyclic) bond motifs is 8. The first-order valence-corrected chi connectivity index (χ1v) is 39.9. The average Bonchev–Trinajstić information content (AvgIpc) is 1.65. The molecule has 8 aliphatic rings. The summed E-state index contributed by atoms with van der Waals surface area (Å²) in [5.74, 6) is 2.66. The van der Waals surface area contributed by atoms with Crippen molar-refractivity contribution in [3.8, 4) is 34.2 Å². The third-order valence-corrected chi connectivity index (χ3v) is 23.7. The molecule has 8 fully saturated rings. The van der Waals surface area contributed by atoms with Crippen molar-refractivity contribution in [3.63, 3.8) is 0 Å². The van der Waals surface area contributed by atoms with E-state index in [1.807, 2.05) is 109 Å². The lowest BCUT2D eigenvalue weighted by Gasteiger charge is -2.34. The van der Waals surface area contributed by atoms with Crippen molar-refractivity contribution in [3.05, 3.63) is 276 Å². The molecular weight excluding hydrogens is 1520 g/mol. The first-order chi connectivity index (χ1) is 57.9. The Morgan fingerprint density at radius 2 is 0.706 bits per heavy atom. The SMILES string of the molecule is Cc1ccc(NC2CC3CC2N(C(=O)c2cccc(F)c2-c2ncccn2)C3)nc1.Cc1ccc(NC2CC3CC2N(C(=O)c2ccccc2-n2nccn2)C3)nc1.Cc1cnc(NC2CC3CC2N(C(=O)c2ccccc2-n2nccn2)C3)c(F)c1.O=C(c1cccc(F)c1-c1ncccn1)N1CC2CC(Nc3ccc(C(F)F)cn3)C1C2. The fraction of sp³-hybridized carbons (Fsp3) is 0.318. The number of hydrogen-bond donors (Lipinski definition) is 4. The number of aromatic nitrogens is 14. The Hall–Kier alpha value is -13.4. The lowest BCUT2D eigenvalue weighted by molar-refractivity contribution is 0.0684. The quantitative estimate of drug-likeness (QED) is 0.0616. The fourth-order valence-electron chi connectivity index (χ4n) is 18.4. The Morgan fingerprint density at radius 3 is 1.06 bits per heavy atom. The van der Waals surface area contributed by atoms with Gasteiger partial charge in [0.25, 0.3) is 30.1 Å². The second-order valence-corrected chi connectivity index (χ2v) is 31.7. The van der Waals surface area contributed by atoms with Crippen molar-refractivity contribution in [1.82, 2.24) is 89.5 Å². The Balaban J connectivity index is 0.000000114. The Kier molecular flexibility index (Phi) is 22.4. The number of para-hydroxylation sites is 2. The van der Waals surface area contributed by atoms with E-state index in [-0.39, 0.29) is 118 Å². The minimum atomic E-state index is -2.57.